The molecule has 2 aromatic carbocycles. The molecule has 11 heteroatoms. The number of esters is 1. The highest BCUT2D eigenvalue weighted by Crippen LogP contribution is 2.37. The minimum Gasteiger partial charge on any atom is -0.755 e. The van der Waals surface area contributed by atoms with Crippen LogP contribution in [0.15, 0.2) is 48.5 Å². The number of anilines is 1. The lowest BCUT2D eigenvalue weighted by Crippen LogP contribution is -2.62. The van der Waals surface area contributed by atoms with Crippen LogP contribution < -0.4 is 9.04 Å². The molecule has 1 atom stereocenters. The van der Waals surface area contributed by atoms with Crippen LogP contribution in [-0.4, -0.2) is 76.9 Å². The molecule has 1 amide bonds. The van der Waals surface area contributed by atoms with Crippen molar-refractivity contribution in [2.75, 3.05) is 44.8 Å². The number of amides is 1. The summed E-state index contributed by atoms with van der Waals surface area (Å²) in [6.07, 6.45) is -1.21. The predicted molar refractivity (Wildman–Crippen MR) is 124 cm³/mol. The van der Waals surface area contributed by atoms with E-state index in [1.165, 1.54) is 7.11 Å². The first kappa shape index (κ1) is 25.5. The maximum atomic E-state index is 13.2. The molecule has 0 aliphatic carbocycles. The fraction of sp³-hybridized carbons (Fsp3) is 0.391. The highest BCUT2D eigenvalue weighted by atomic mass is 32.2. The summed E-state index contributed by atoms with van der Waals surface area (Å²) in [5.41, 5.74) is 0.456. The van der Waals surface area contributed by atoms with Crippen LogP contribution in [0.4, 0.5) is 10.5 Å². The van der Waals surface area contributed by atoms with Gasteiger partial charge in [0.1, 0.15) is 12.4 Å². The number of ether oxygens (including phenoxy) is 3. The molecule has 0 radical (unpaired) electrons. The molecule has 2 aromatic rings. The first-order valence-corrected chi connectivity index (χ1v) is 11.6. The molecule has 0 saturated carbocycles. The second-order valence-electron chi connectivity index (χ2n) is 7.72. The Labute approximate surface area is 200 Å². The Balaban J connectivity index is 1.93. The van der Waals surface area contributed by atoms with Gasteiger partial charge in [0, 0.05) is 50.0 Å². The van der Waals surface area contributed by atoms with Crippen molar-refractivity contribution in [3.05, 3.63) is 48.5 Å². The summed E-state index contributed by atoms with van der Waals surface area (Å²) in [5, 5.41) is 9.31. The molecule has 34 heavy (non-hydrogen) atoms. The molecule has 1 aliphatic rings. The fourth-order valence-corrected chi connectivity index (χ4v) is 4.80. The lowest BCUT2D eigenvalue weighted by Gasteiger charge is -2.47. The Kier molecular flexibility index (Phi) is 8.48. The van der Waals surface area contributed by atoms with E-state index in [1.54, 1.807) is 31.4 Å². The first-order chi connectivity index (χ1) is 16.3. The number of hydrogen-bond acceptors (Lipinski definition) is 7. The molecule has 184 valence electrons. The molecule has 1 unspecified atom stereocenters. The van der Waals surface area contributed by atoms with Gasteiger partial charge in [0.15, 0.2) is 5.54 Å². The number of rotatable bonds is 9. The lowest BCUT2D eigenvalue weighted by molar-refractivity contribution is -0.152. The van der Waals surface area contributed by atoms with E-state index in [0.29, 0.717) is 0 Å². The predicted octanol–water partition coefficient (Wildman–Crippen LogP) is 2.66. The molecule has 1 saturated heterocycles. The summed E-state index contributed by atoms with van der Waals surface area (Å²) in [6, 6.07) is 14.2. The van der Waals surface area contributed by atoms with Crippen molar-refractivity contribution in [1.29, 1.82) is 0 Å². The van der Waals surface area contributed by atoms with Crippen LogP contribution in [0, 0.1) is 0 Å². The monoisotopic (exact) mass is 491 g/mol. The molecule has 10 nitrogen and oxygen atoms in total. The summed E-state index contributed by atoms with van der Waals surface area (Å²) < 4.78 is 41.3. The quantitative estimate of drug-likeness (QED) is 0.322. The van der Waals surface area contributed by atoms with Gasteiger partial charge in [-0.15, -0.1) is 0 Å². The smallest absolute Gasteiger partial charge is 0.407 e. The normalized spacial score (nSPS) is 15.9. The molecule has 0 bridgehead atoms. The van der Waals surface area contributed by atoms with Gasteiger partial charge in [-0.2, -0.15) is 0 Å². The minimum atomic E-state index is -2.83. The summed E-state index contributed by atoms with van der Waals surface area (Å²) in [6.45, 7) is 0.0915. The van der Waals surface area contributed by atoms with Gasteiger partial charge in [-0.05, 0) is 35.4 Å². The number of benzene rings is 2. The number of carbonyl (C=O) groups excluding carboxylic acids is 1. The molecular weight excluding hydrogens is 464 g/mol. The zero-order valence-corrected chi connectivity index (χ0v) is 19.8. The van der Waals surface area contributed by atoms with Gasteiger partial charge in [-0.1, -0.05) is 24.3 Å². The first-order valence-electron chi connectivity index (χ1n) is 10.6. The maximum absolute atomic E-state index is 13.2. The SMILES string of the molecule is COCCOC(=O)C1(N(c2ccc(-c3ccc(OC)cc3)cc2)S(=O)[O-])CCN(C(=O)O)CC1. The molecule has 1 fully saturated rings. The highest BCUT2D eigenvalue weighted by molar-refractivity contribution is 7.80. The summed E-state index contributed by atoms with van der Waals surface area (Å²) in [7, 11) is 3.04. The van der Waals surface area contributed by atoms with Gasteiger partial charge in [-0.25, -0.2) is 9.59 Å². The van der Waals surface area contributed by atoms with Crippen molar-refractivity contribution in [2.24, 2.45) is 0 Å². The molecule has 1 aliphatic heterocycles. The van der Waals surface area contributed by atoms with Crippen molar-refractivity contribution in [3.63, 3.8) is 0 Å². The second-order valence-corrected chi connectivity index (χ2v) is 8.52. The van der Waals surface area contributed by atoms with E-state index in [2.05, 4.69) is 0 Å². The lowest BCUT2D eigenvalue weighted by atomic mass is 9.87. The van der Waals surface area contributed by atoms with Crippen molar-refractivity contribution >= 4 is 29.0 Å². The van der Waals surface area contributed by atoms with Crippen LogP contribution in [0.2, 0.25) is 0 Å². The van der Waals surface area contributed by atoms with Gasteiger partial charge in [0.25, 0.3) is 0 Å². The maximum Gasteiger partial charge on any atom is 0.407 e. The molecule has 0 spiro atoms. The zero-order valence-electron chi connectivity index (χ0n) is 19.0. The number of piperidine rings is 1. The van der Waals surface area contributed by atoms with Crippen LogP contribution in [0.25, 0.3) is 11.1 Å². The van der Waals surface area contributed by atoms with E-state index in [1.807, 2.05) is 24.3 Å². The van der Waals surface area contributed by atoms with Crippen LogP contribution in [0.5, 0.6) is 5.75 Å². The molecule has 3 rings (SSSR count). The molecule has 1 N–H and O–H groups in total. The zero-order chi connectivity index (χ0) is 24.7. The number of methoxy groups -OCH3 is 2. The van der Waals surface area contributed by atoms with E-state index in [-0.39, 0.29) is 44.8 Å². The van der Waals surface area contributed by atoms with Crippen molar-refractivity contribution < 1.29 is 37.7 Å². The number of likely N-dealkylation sites (tertiary alicyclic amines) is 1. The Bertz CT molecular complexity index is 1000. The topological polar surface area (TPSA) is 129 Å². The standard InChI is InChI=1S/C23H28N2O8S/c1-31-15-16-33-21(26)23(11-13-24(14-12-23)22(27)28)25(34(29)30)19-7-3-17(4-8-19)18-5-9-20(32-2)10-6-18/h3-10H,11-16H2,1-2H3,(H,27,28)(H,29,30)/p-1. The van der Waals surface area contributed by atoms with Gasteiger partial charge in [-0.3, -0.25) is 8.51 Å². The Morgan fingerprint density at radius 2 is 1.59 bits per heavy atom. The van der Waals surface area contributed by atoms with Crippen LogP contribution in [0.3, 0.4) is 0 Å². The molecule has 1 heterocycles. The third kappa shape index (κ3) is 5.49. The number of carboxylic acid groups (broad SMARTS) is 1. The number of carbonyl (C=O) groups is 2. The average molecular weight is 492 g/mol. The van der Waals surface area contributed by atoms with Crippen molar-refractivity contribution in [2.45, 2.75) is 18.4 Å². The molecular formula is C23H27N2O8S-. The minimum absolute atomic E-state index is 0.00760. The fourth-order valence-electron chi connectivity index (χ4n) is 3.96. The number of hydrogen-bond donors (Lipinski definition) is 1. The van der Waals surface area contributed by atoms with Crippen molar-refractivity contribution in [3.8, 4) is 16.9 Å². The Morgan fingerprint density at radius 1 is 1.03 bits per heavy atom. The van der Waals surface area contributed by atoms with Gasteiger partial charge < -0.3 is 28.8 Å². The van der Waals surface area contributed by atoms with Crippen LogP contribution in [0.1, 0.15) is 12.8 Å². The number of nitrogens with zero attached hydrogens (tertiary/aromatic N) is 2. The third-order valence-corrected chi connectivity index (χ3v) is 6.68. The van der Waals surface area contributed by atoms with Gasteiger partial charge in [0.05, 0.1) is 13.7 Å². The van der Waals surface area contributed by atoms with E-state index in [0.717, 1.165) is 26.1 Å². The second kappa shape index (κ2) is 11.3. The van der Waals surface area contributed by atoms with E-state index < -0.39 is 28.9 Å². The van der Waals surface area contributed by atoms with E-state index >= 15 is 0 Å². The summed E-state index contributed by atoms with van der Waals surface area (Å²) in [5.74, 6) is -0.0204. The van der Waals surface area contributed by atoms with Crippen molar-refractivity contribution in [1.82, 2.24) is 4.90 Å². The van der Waals surface area contributed by atoms with E-state index in [9.17, 15) is 23.5 Å². The average Bonchev–Trinajstić information content (AvgIpc) is 2.84. The van der Waals surface area contributed by atoms with Crippen LogP contribution in [-0.2, 0) is 25.5 Å². The van der Waals surface area contributed by atoms with E-state index in [4.69, 9.17) is 14.2 Å². The molecule has 0 aromatic heterocycles. The summed E-state index contributed by atoms with van der Waals surface area (Å²) >= 11 is -2.83. The highest BCUT2D eigenvalue weighted by Gasteiger charge is 2.49. The van der Waals surface area contributed by atoms with Gasteiger partial charge in [0.2, 0.25) is 0 Å². The summed E-state index contributed by atoms with van der Waals surface area (Å²) in [4.78, 5) is 25.7. The Morgan fingerprint density at radius 3 is 2.06 bits per heavy atom. The van der Waals surface area contributed by atoms with Crippen LogP contribution >= 0.6 is 0 Å². The Hall–Kier alpha value is -3.15. The largest absolute Gasteiger partial charge is 0.755 e. The van der Waals surface area contributed by atoms with Gasteiger partial charge >= 0.3 is 12.1 Å². The third-order valence-electron chi connectivity index (χ3n) is 5.82.